The first-order chi connectivity index (χ1) is 34.2. The zero-order valence-corrected chi connectivity index (χ0v) is 41.4. The highest BCUT2D eigenvalue weighted by atomic mass is 32.2. The number of fused-ring (bicyclic) bond motifs is 2. The van der Waals surface area contributed by atoms with Gasteiger partial charge in [0.2, 0.25) is 16.7 Å². The van der Waals surface area contributed by atoms with Crippen molar-refractivity contribution < 1.29 is 88.6 Å². The second-order valence-electron chi connectivity index (χ2n) is 13.9. The van der Waals surface area contributed by atoms with Gasteiger partial charge in [0, 0.05) is 16.8 Å². The third-order valence-corrected chi connectivity index (χ3v) is 12.6. The molecular formula is C38H31N9O20S6. The number of aromatic hydroxyl groups is 2. The van der Waals surface area contributed by atoms with Gasteiger partial charge in [-0.05, 0) is 79.6 Å². The van der Waals surface area contributed by atoms with Crippen molar-refractivity contribution in [2.45, 2.75) is 23.1 Å². The molecule has 0 bridgehead atoms. The molecule has 5 aromatic carbocycles. The quantitative estimate of drug-likeness (QED) is 0.0315. The first-order valence-corrected chi connectivity index (χ1v) is 26.6. The molecule has 0 atom stereocenters. The Hall–Kier alpha value is -7.90. The Balaban J connectivity index is 0.00000115. The maximum Gasteiger partial charge on any atom is 0.425 e. The van der Waals surface area contributed by atoms with E-state index in [2.05, 4.69) is 40.8 Å². The number of azo groups is 3. The maximum atomic E-state index is 12.8. The summed E-state index contributed by atoms with van der Waals surface area (Å²) in [7, 11) is -19.2. The highest BCUT2D eigenvalue weighted by Crippen LogP contribution is 2.44. The average Bonchev–Trinajstić information content (AvgIpc) is 3.87. The molecule has 35 heteroatoms. The number of aryl methyl sites for hydroxylation is 1. The molecule has 0 radical (unpaired) electrons. The van der Waals surface area contributed by atoms with Gasteiger partial charge in [-0.25, -0.2) is 9.78 Å². The van der Waals surface area contributed by atoms with Crippen LogP contribution < -0.4 is 4.74 Å². The van der Waals surface area contributed by atoms with Crippen molar-refractivity contribution in [2.75, 3.05) is 19.5 Å². The zero-order valence-electron chi connectivity index (χ0n) is 36.5. The highest BCUT2D eigenvalue weighted by Gasteiger charge is 2.27. The second-order valence-corrected chi connectivity index (χ2v) is 20.1. The van der Waals surface area contributed by atoms with Crippen molar-refractivity contribution in [2.24, 2.45) is 30.7 Å². The number of esters is 1. The number of carbonyl (C=O) groups is 1. The van der Waals surface area contributed by atoms with Crippen LogP contribution >= 0.6 is 11.3 Å². The summed E-state index contributed by atoms with van der Waals surface area (Å²) in [6.45, 7) is 1.52. The van der Waals surface area contributed by atoms with Gasteiger partial charge in [0.25, 0.3) is 30.4 Å². The monoisotopic (exact) mass is 1130 g/mol. The number of methoxy groups -OCH3 is 1. The van der Waals surface area contributed by atoms with Crippen molar-refractivity contribution >= 4 is 123 Å². The second kappa shape index (κ2) is 23.6. The van der Waals surface area contributed by atoms with Crippen molar-refractivity contribution in [3.8, 4) is 23.1 Å². The molecule has 2 heterocycles. The van der Waals surface area contributed by atoms with Crippen molar-refractivity contribution in [1.82, 2.24) is 14.8 Å². The molecule has 0 unspecified atom stereocenters. The molecule has 5 N–H and O–H groups in total. The maximum absolute atomic E-state index is 12.8. The summed E-state index contributed by atoms with van der Waals surface area (Å²) in [6.07, 6.45) is -0.0947. The molecule has 2 aromatic heterocycles. The number of para-hydroxylation sites is 1. The molecule has 0 aliphatic carbocycles. The van der Waals surface area contributed by atoms with Crippen LogP contribution in [0.3, 0.4) is 0 Å². The van der Waals surface area contributed by atoms with E-state index in [1.165, 1.54) is 41.7 Å². The van der Waals surface area contributed by atoms with Crippen LogP contribution in [0.25, 0.3) is 26.7 Å². The minimum Gasteiger partial charge on any atom is -0.505 e. The molecule has 0 amide bonds. The number of nitrogens with zero attached hydrogens (tertiary/aromatic N) is 9. The number of ether oxygens (including phenoxy) is 2. The fraction of sp³-hybridized carbons (Fsp3) is 0.132. The number of phenolic OH excluding ortho intramolecular Hbond substituents is 1. The van der Waals surface area contributed by atoms with E-state index in [1.807, 2.05) is 24.3 Å². The van der Waals surface area contributed by atoms with E-state index in [9.17, 15) is 53.9 Å². The third-order valence-electron chi connectivity index (χ3n) is 9.06. The van der Waals surface area contributed by atoms with Crippen LogP contribution in [0.15, 0.2) is 125 Å². The van der Waals surface area contributed by atoms with E-state index in [1.54, 1.807) is 6.92 Å². The van der Waals surface area contributed by atoms with Gasteiger partial charge in [-0.3, -0.25) is 13.7 Å². The summed E-state index contributed by atoms with van der Waals surface area (Å²) < 4.78 is 163. The third kappa shape index (κ3) is 15.1. The van der Waals surface area contributed by atoms with E-state index in [4.69, 9.17) is 34.7 Å². The normalized spacial score (nSPS) is 11.9. The molecule has 7 aromatic rings. The first kappa shape index (κ1) is 56.0. The predicted molar refractivity (Wildman–Crippen MR) is 251 cm³/mol. The van der Waals surface area contributed by atoms with Crippen molar-refractivity contribution in [1.29, 1.82) is 0 Å². The van der Waals surface area contributed by atoms with Crippen LogP contribution in [-0.2, 0) is 56.3 Å². The van der Waals surface area contributed by atoms with Gasteiger partial charge in [0.15, 0.2) is 11.4 Å². The molecule has 0 saturated carbocycles. The number of phenols is 1. The summed E-state index contributed by atoms with van der Waals surface area (Å²) in [4.78, 5) is 15.7. The lowest BCUT2D eigenvalue weighted by Crippen LogP contribution is -2.08. The predicted octanol–water partition coefficient (Wildman–Crippen LogP) is 6.53. The van der Waals surface area contributed by atoms with E-state index >= 15 is 0 Å². The van der Waals surface area contributed by atoms with Crippen molar-refractivity contribution in [3.63, 3.8) is 0 Å². The van der Waals surface area contributed by atoms with Gasteiger partial charge < -0.3 is 19.7 Å². The summed E-state index contributed by atoms with van der Waals surface area (Å²) in [5, 5.41) is 50.9. The molecule has 73 heavy (non-hydrogen) atoms. The Kier molecular flexibility index (Phi) is 18.1. The van der Waals surface area contributed by atoms with E-state index < -0.39 is 102 Å². The summed E-state index contributed by atoms with van der Waals surface area (Å²) >= 11 is 1.32. The van der Waals surface area contributed by atoms with Gasteiger partial charge in [-0.1, -0.05) is 29.5 Å². The lowest BCUT2D eigenvalue weighted by molar-refractivity contribution is 0.0594. The van der Waals surface area contributed by atoms with Crippen LogP contribution in [0, 0.1) is 6.92 Å². The molecule has 29 nitrogen and oxygen atoms in total. The number of benzene rings is 5. The summed E-state index contributed by atoms with van der Waals surface area (Å²) in [5.74, 6) is -3.06. The smallest absolute Gasteiger partial charge is 0.425 e. The largest absolute Gasteiger partial charge is 0.505 e. The lowest BCUT2D eigenvalue weighted by atomic mass is 10.1. The SMILES string of the molecule is COC(=O)c1nn(-c2ccc(S(=O)(=O)O)cc2)c(O)c1N=Nc1ccc2c(O)c(N=Nc3cc(C)c(N=Nc4nc5ccccc5s4)cc3OCCCS(=O)(=O)O)ccc2c1S(=O)(=O)O.O=S(=O)=O.O=S(=O)=O. The van der Waals surface area contributed by atoms with Gasteiger partial charge in [-0.15, -0.1) is 55.9 Å². The van der Waals surface area contributed by atoms with Gasteiger partial charge >= 0.3 is 27.2 Å². The minimum absolute atomic E-state index is 0.0103. The van der Waals surface area contributed by atoms with E-state index in [-0.39, 0.29) is 46.6 Å². The summed E-state index contributed by atoms with van der Waals surface area (Å²) in [6, 6.07) is 19.3. The molecule has 0 spiro atoms. The summed E-state index contributed by atoms with van der Waals surface area (Å²) in [5.41, 5.74) is -0.245. The molecular weight excluding hydrogens is 1090 g/mol. The molecule has 0 aliphatic rings. The van der Waals surface area contributed by atoms with Gasteiger partial charge in [-0.2, -0.15) is 35.0 Å². The number of thiazole rings is 1. The molecule has 0 aliphatic heterocycles. The van der Waals surface area contributed by atoms with Crippen LogP contribution in [0.5, 0.6) is 17.4 Å². The Morgan fingerprint density at radius 3 is 1.90 bits per heavy atom. The Morgan fingerprint density at radius 1 is 0.712 bits per heavy atom. The van der Waals surface area contributed by atoms with Crippen LogP contribution in [0.4, 0.5) is 33.6 Å². The van der Waals surface area contributed by atoms with Crippen molar-refractivity contribution in [3.05, 3.63) is 96.2 Å². The van der Waals surface area contributed by atoms with Crippen LogP contribution in [0.2, 0.25) is 0 Å². The fourth-order valence-corrected chi connectivity index (χ4v) is 8.61. The standard InChI is InChI=1S/C38H31N9O14S4.2O3S/c1-20-18-29(30(61-16-5-17-63(51,52)53)19-28(20)42-45-38-39-25-6-3-4-7-31(25)62-38)43-40-26-14-13-24-23(34(26)48)12-15-27(35(24)65(57,58)59)41-44-32-33(37(50)60-2)46-47(36(32)49)21-8-10-22(11-9-21)64(54,55)56;2*1-4(2)3/h3-4,6-15,18-19,48-49H,5,16-17H2,1-2H3,(H,51,52,53)(H,54,55,56)(H,57,58,59);;. The first-order valence-electron chi connectivity index (χ1n) is 19.3. The number of rotatable bonds is 15. The minimum atomic E-state index is -5.16. The average molecular weight is 1130 g/mol. The van der Waals surface area contributed by atoms with Crippen LogP contribution in [-0.4, -0.2) is 115 Å². The zero-order chi connectivity index (χ0) is 54.0. The molecule has 0 fully saturated rings. The Labute approximate surface area is 417 Å². The van der Waals surface area contributed by atoms with E-state index in [0.717, 1.165) is 52.3 Å². The molecule has 7 rings (SSSR count). The molecule has 0 saturated heterocycles. The Morgan fingerprint density at radius 2 is 1.30 bits per heavy atom. The topological polar surface area (TPSA) is 446 Å². The fourth-order valence-electron chi connectivity index (χ4n) is 6.03. The Bertz CT molecular complexity index is 3890. The molecule has 384 valence electrons. The van der Waals surface area contributed by atoms with E-state index in [0.29, 0.717) is 16.4 Å². The van der Waals surface area contributed by atoms with Gasteiger partial charge in [0.1, 0.15) is 27.7 Å². The number of hydrogen-bond acceptors (Lipinski definition) is 26. The highest BCUT2D eigenvalue weighted by molar-refractivity contribution is 7.86. The number of carbonyl (C=O) groups excluding carboxylic acids is 1. The number of aromatic nitrogens is 3. The van der Waals surface area contributed by atoms with Gasteiger partial charge in [0.05, 0.1) is 46.0 Å². The lowest BCUT2D eigenvalue weighted by Gasteiger charge is -2.11. The van der Waals surface area contributed by atoms with Crippen LogP contribution in [0.1, 0.15) is 22.5 Å². The number of hydrogen-bond donors (Lipinski definition) is 5.